The Labute approximate surface area is 160 Å². The molecule has 0 spiro atoms. The number of rotatable bonds is 7. The van der Waals surface area contributed by atoms with Crippen molar-refractivity contribution < 1.29 is 27.2 Å². The number of alkyl halides is 3. The first-order valence-electron chi connectivity index (χ1n) is 9.20. The maximum atomic E-state index is 12.7. The Hall–Kier alpha value is -1.25. The summed E-state index contributed by atoms with van der Waals surface area (Å²) in [6, 6.07) is 7.08. The van der Waals surface area contributed by atoms with Gasteiger partial charge in [-0.1, -0.05) is 12.1 Å². The van der Waals surface area contributed by atoms with E-state index in [1.807, 2.05) is 45.9 Å². The zero-order valence-electron chi connectivity index (χ0n) is 16.9. The lowest BCUT2D eigenvalue weighted by Crippen LogP contribution is -2.41. The van der Waals surface area contributed by atoms with Gasteiger partial charge in [0.1, 0.15) is 12.4 Å². The summed E-state index contributed by atoms with van der Waals surface area (Å²) < 4.78 is 55.7. The van der Waals surface area contributed by atoms with Crippen molar-refractivity contribution in [1.82, 2.24) is 4.90 Å². The Morgan fingerprint density at radius 1 is 1.11 bits per heavy atom. The lowest BCUT2D eigenvalue weighted by molar-refractivity contribution is -0.150. The van der Waals surface area contributed by atoms with Crippen LogP contribution in [0.4, 0.5) is 13.2 Å². The van der Waals surface area contributed by atoms with Gasteiger partial charge in [-0.05, 0) is 59.1 Å². The van der Waals surface area contributed by atoms with E-state index in [0.29, 0.717) is 5.75 Å². The van der Waals surface area contributed by atoms with Crippen LogP contribution < -0.4 is 10.2 Å². The van der Waals surface area contributed by atoms with Gasteiger partial charge in [0.15, 0.2) is 0 Å². The topological polar surface area (TPSA) is 30.9 Å². The predicted octanol–water partition coefficient (Wildman–Crippen LogP) is 3.64. The molecule has 4 nitrogen and oxygen atoms in total. The summed E-state index contributed by atoms with van der Waals surface area (Å²) >= 11 is 0. The molecular formula is C19H29BF3NO3. The number of halogens is 3. The van der Waals surface area contributed by atoms with Gasteiger partial charge in [0, 0.05) is 12.6 Å². The van der Waals surface area contributed by atoms with E-state index in [1.165, 1.54) is 4.90 Å². The molecule has 8 heteroatoms. The van der Waals surface area contributed by atoms with Crippen molar-refractivity contribution >= 4 is 12.6 Å². The Bertz CT molecular complexity index is 619. The second-order valence-corrected chi connectivity index (χ2v) is 8.19. The zero-order valence-corrected chi connectivity index (χ0v) is 16.9. The van der Waals surface area contributed by atoms with E-state index in [-0.39, 0.29) is 19.2 Å². The number of hydrogen-bond donors (Lipinski definition) is 0. The maximum absolute atomic E-state index is 12.7. The minimum atomic E-state index is -4.22. The molecule has 0 bridgehead atoms. The number of benzene rings is 1. The van der Waals surface area contributed by atoms with Crippen LogP contribution in [0.25, 0.3) is 0 Å². The highest BCUT2D eigenvalue weighted by molar-refractivity contribution is 6.62. The van der Waals surface area contributed by atoms with E-state index >= 15 is 0 Å². The van der Waals surface area contributed by atoms with E-state index < -0.39 is 31.0 Å². The summed E-state index contributed by atoms with van der Waals surface area (Å²) in [5.74, 6) is 0.581. The summed E-state index contributed by atoms with van der Waals surface area (Å²) in [6.07, 6.45) is -4.22. The molecule has 152 valence electrons. The van der Waals surface area contributed by atoms with Gasteiger partial charge in [0.25, 0.3) is 0 Å². The van der Waals surface area contributed by atoms with Crippen molar-refractivity contribution in [2.75, 3.05) is 19.7 Å². The quantitative estimate of drug-likeness (QED) is 0.669. The van der Waals surface area contributed by atoms with Crippen LogP contribution in [0.1, 0.15) is 41.5 Å². The molecule has 0 unspecified atom stereocenters. The van der Waals surface area contributed by atoms with Gasteiger partial charge < -0.3 is 14.0 Å². The van der Waals surface area contributed by atoms with Gasteiger partial charge in [-0.15, -0.1) is 0 Å². The summed E-state index contributed by atoms with van der Waals surface area (Å²) in [7, 11) is -0.504. The Morgan fingerprint density at radius 2 is 1.70 bits per heavy atom. The molecule has 1 saturated heterocycles. The molecule has 1 aliphatic heterocycles. The number of nitrogens with zero attached hydrogens (tertiary/aromatic N) is 1. The summed E-state index contributed by atoms with van der Waals surface area (Å²) in [4.78, 5) is 1.35. The fourth-order valence-corrected chi connectivity index (χ4v) is 2.76. The molecule has 1 fully saturated rings. The van der Waals surface area contributed by atoms with Crippen molar-refractivity contribution in [3.8, 4) is 5.75 Å². The van der Waals surface area contributed by atoms with E-state index in [4.69, 9.17) is 14.0 Å². The van der Waals surface area contributed by atoms with Crippen LogP contribution in [0.15, 0.2) is 24.3 Å². The predicted molar refractivity (Wildman–Crippen MR) is 100 cm³/mol. The van der Waals surface area contributed by atoms with E-state index in [0.717, 1.165) is 5.46 Å². The maximum Gasteiger partial charge on any atom is 0.494 e. The van der Waals surface area contributed by atoms with Gasteiger partial charge in [0.2, 0.25) is 0 Å². The fourth-order valence-electron chi connectivity index (χ4n) is 2.76. The van der Waals surface area contributed by atoms with Gasteiger partial charge in [-0.2, -0.15) is 13.2 Å². The summed E-state index contributed by atoms with van der Waals surface area (Å²) in [5, 5.41) is 0. The van der Waals surface area contributed by atoms with E-state index in [2.05, 4.69) is 0 Å². The average molecular weight is 387 g/mol. The third-order valence-electron chi connectivity index (χ3n) is 5.14. The van der Waals surface area contributed by atoms with Crippen LogP contribution in [-0.4, -0.2) is 55.1 Å². The first kappa shape index (κ1) is 22.0. The molecular weight excluding hydrogens is 358 g/mol. The molecule has 0 N–H and O–H groups in total. The van der Waals surface area contributed by atoms with Gasteiger partial charge >= 0.3 is 13.3 Å². The standard InChI is InChI=1S/C19H29BF3NO3/c1-14(2)24(13-19(21,22)23)10-11-25-16-9-7-8-15(12-16)20-26-17(3,4)18(5,6)27-20/h7-9,12,14H,10-11,13H2,1-6H3. The van der Waals surface area contributed by atoms with Crippen LogP contribution in [0.5, 0.6) is 5.75 Å². The lowest BCUT2D eigenvalue weighted by atomic mass is 9.79. The number of hydrogen-bond acceptors (Lipinski definition) is 4. The Balaban J connectivity index is 1.96. The van der Waals surface area contributed by atoms with Crippen LogP contribution >= 0.6 is 0 Å². The monoisotopic (exact) mass is 387 g/mol. The first-order chi connectivity index (χ1) is 12.3. The van der Waals surface area contributed by atoms with Crippen LogP contribution in [0.2, 0.25) is 0 Å². The third-order valence-corrected chi connectivity index (χ3v) is 5.14. The molecule has 1 aromatic carbocycles. The molecule has 0 aliphatic carbocycles. The molecule has 0 aromatic heterocycles. The highest BCUT2D eigenvalue weighted by Crippen LogP contribution is 2.36. The van der Waals surface area contributed by atoms with Crippen molar-refractivity contribution in [2.45, 2.75) is 65.0 Å². The molecule has 27 heavy (non-hydrogen) atoms. The molecule has 1 aliphatic rings. The highest BCUT2D eigenvalue weighted by Gasteiger charge is 2.51. The molecule has 1 aromatic rings. The SMILES string of the molecule is CC(C)N(CCOc1cccc(B2OC(C)(C)C(C)(C)O2)c1)CC(F)(F)F. The Kier molecular flexibility index (Phi) is 6.54. The second kappa shape index (κ2) is 8.01. The molecule has 0 amide bonds. The molecule has 0 atom stereocenters. The summed E-state index contributed by atoms with van der Waals surface area (Å²) in [6.45, 7) is 10.8. The first-order valence-corrected chi connectivity index (χ1v) is 9.20. The summed E-state index contributed by atoms with van der Waals surface area (Å²) in [5.41, 5.74) is -0.0597. The van der Waals surface area contributed by atoms with Crippen molar-refractivity contribution in [1.29, 1.82) is 0 Å². The van der Waals surface area contributed by atoms with Gasteiger partial charge in [-0.25, -0.2) is 0 Å². The van der Waals surface area contributed by atoms with Crippen LogP contribution in [0, 0.1) is 0 Å². The van der Waals surface area contributed by atoms with E-state index in [9.17, 15) is 13.2 Å². The van der Waals surface area contributed by atoms with Gasteiger partial charge in [0.05, 0.1) is 17.7 Å². The zero-order chi connectivity index (χ0) is 20.5. The van der Waals surface area contributed by atoms with E-state index in [1.54, 1.807) is 19.9 Å². The third kappa shape index (κ3) is 5.86. The van der Waals surface area contributed by atoms with Crippen molar-refractivity contribution in [3.05, 3.63) is 24.3 Å². The molecule has 0 saturated carbocycles. The fraction of sp³-hybridized carbons (Fsp3) is 0.684. The van der Waals surface area contributed by atoms with Crippen molar-refractivity contribution in [2.24, 2.45) is 0 Å². The number of ether oxygens (including phenoxy) is 1. The molecule has 1 heterocycles. The smallest absolute Gasteiger partial charge is 0.492 e. The molecule has 0 radical (unpaired) electrons. The largest absolute Gasteiger partial charge is 0.494 e. The normalized spacial score (nSPS) is 19.1. The lowest BCUT2D eigenvalue weighted by Gasteiger charge is -2.32. The van der Waals surface area contributed by atoms with Crippen LogP contribution in [0.3, 0.4) is 0 Å². The Morgan fingerprint density at radius 3 is 2.22 bits per heavy atom. The minimum Gasteiger partial charge on any atom is -0.492 e. The molecule has 2 rings (SSSR count). The van der Waals surface area contributed by atoms with Crippen molar-refractivity contribution in [3.63, 3.8) is 0 Å². The second-order valence-electron chi connectivity index (χ2n) is 8.19. The van der Waals surface area contributed by atoms with Gasteiger partial charge in [-0.3, -0.25) is 4.90 Å². The van der Waals surface area contributed by atoms with Crippen LogP contribution in [-0.2, 0) is 9.31 Å². The minimum absolute atomic E-state index is 0.168. The average Bonchev–Trinajstić information content (AvgIpc) is 2.73. The highest BCUT2D eigenvalue weighted by atomic mass is 19.4.